The Morgan fingerprint density at radius 3 is 2.83 bits per heavy atom. The molecule has 3 aromatic heterocycles. The molecule has 1 aromatic carbocycles. The number of thiophene rings is 1. The van der Waals surface area contributed by atoms with E-state index >= 15 is 0 Å². The van der Waals surface area contributed by atoms with E-state index in [0.717, 1.165) is 11.1 Å². The predicted octanol–water partition coefficient (Wildman–Crippen LogP) is 4.25. The molecule has 24 heavy (non-hydrogen) atoms. The molecule has 118 valence electrons. The van der Waals surface area contributed by atoms with Gasteiger partial charge in [0, 0.05) is 16.0 Å². The third-order valence-corrected chi connectivity index (χ3v) is 4.60. The van der Waals surface area contributed by atoms with Crippen LogP contribution in [-0.4, -0.2) is 15.9 Å². The summed E-state index contributed by atoms with van der Waals surface area (Å²) in [6.45, 7) is 0. The highest BCUT2D eigenvalue weighted by atomic mass is 35.5. The van der Waals surface area contributed by atoms with Crippen molar-refractivity contribution < 1.29 is 4.42 Å². The number of hydrogen-bond donors (Lipinski definition) is 0. The fraction of sp³-hybridized carbons (Fsp3) is 0. The minimum absolute atomic E-state index is 0.238. The SMILES string of the molecule is O=c1c2c(-c3ccco3)csc2ncn1/N=C\c1ccc(Cl)cc1. The monoisotopic (exact) mass is 355 g/mol. The van der Waals surface area contributed by atoms with E-state index in [1.807, 2.05) is 23.6 Å². The van der Waals surface area contributed by atoms with Crippen LogP contribution in [0.15, 0.2) is 68.7 Å². The molecule has 0 aliphatic rings. The van der Waals surface area contributed by atoms with E-state index in [2.05, 4.69) is 10.1 Å². The van der Waals surface area contributed by atoms with Crippen LogP contribution >= 0.6 is 22.9 Å². The summed E-state index contributed by atoms with van der Waals surface area (Å²) in [6, 6.07) is 10.8. The standard InChI is InChI=1S/C17H10ClN3O2S/c18-12-5-3-11(4-6-12)8-20-21-10-19-16-15(17(21)22)13(9-24-16)14-2-1-7-23-14/h1-10H/b20-8-. The minimum atomic E-state index is -0.238. The maximum Gasteiger partial charge on any atom is 0.283 e. The molecule has 7 heteroatoms. The Morgan fingerprint density at radius 1 is 1.25 bits per heavy atom. The lowest BCUT2D eigenvalue weighted by molar-refractivity contribution is 0.583. The molecule has 0 radical (unpaired) electrons. The molecule has 0 N–H and O–H groups in total. The average molecular weight is 356 g/mol. The second-order valence-corrected chi connectivity index (χ2v) is 6.29. The topological polar surface area (TPSA) is 60.4 Å². The number of rotatable bonds is 3. The van der Waals surface area contributed by atoms with E-state index in [9.17, 15) is 4.79 Å². The second-order valence-electron chi connectivity index (χ2n) is 5.00. The molecule has 5 nitrogen and oxygen atoms in total. The number of furan rings is 1. The number of benzene rings is 1. The zero-order valence-electron chi connectivity index (χ0n) is 12.2. The third kappa shape index (κ3) is 2.66. The fourth-order valence-electron chi connectivity index (χ4n) is 2.30. The lowest BCUT2D eigenvalue weighted by Gasteiger charge is -1.99. The van der Waals surface area contributed by atoms with Gasteiger partial charge in [0.15, 0.2) is 0 Å². The zero-order valence-corrected chi connectivity index (χ0v) is 13.8. The van der Waals surface area contributed by atoms with Crippen molar-refractivity contribution in [2.24, 2.45) is 5.10 Å². The first-order chi connectivity index (χ1) is 11.7. The van der Waals surface area contributed by atoms with Crippen LogP contribution in [0.25, 0.3) is 21.5 Å². The fourth-order valence-corrected chi connectivity index (χ4v) is 3.31. The molecule has 0 bridgehead atoms. The van der Waals surface area contributed by atoms with E-state index < -0.39 is 0 Å². The molecule has 0 aliphatic carbocycles. The highest BCUT2D eigenvalue weighted by Crippen LogP contribution is 2.30. The van der Waals surface area contributed by atoms with Crippen molar-refractivity contribution in [2.75, 3.05) is 0 Å². The molecule has 0 saturated carbocycles. The molecule has 0 amide bonds. The summed E-state index contributed by atoms with van der Waals surface area (Å²) >= 11 is 7.26. The summed E-state index contributed by atoms with van der Waals surface area (Å²) in [5.74, 6) is 0.639. The molecule has 0 atom stereocenters. The van der Waals surface area contributed by atoms with Gasteiger partial charge in [0.2, 0.25) is 0 Å². The molecule has 3 heterocycles. The minimum Gasteiger partial charge on any atom is -0.464 e. The van der Waals surface area contributed by atoms with Gasteiger partial charge in [-0.2, -0.15) is 9.78 Å². The van der Waals surface area contributed by atoms with E-state index in [1.165, 1.54) is 22.3 Å². The average Bonchev–Trinajstić information content (AvgIpc) is 3.25. The van der Waals surface area contributed by atoms with Crippen molar-refractivity contribution in [3.8, 4) is 11.3 Å². The Hall–Kier alpha value is -2.70. The summed E-state index contributed by atoms with van der Waals surface area (Å²) in [5, 5.41) is 7.22. The van der Waals surface area contributed by atoms with Crippen molar-refractivity contribution in [2.45, 2.75) is 0 Å². The summed E-state index contributed by atoms with van der Waals surface area (Å²) in [6.07, 6.45) is 4.58. The van der Waals surface area contributed by atoms with E-state index in [1.54, 1.807) is 30.7 Å². The maximum atomic E-state index is 12.7. The van der Waals surface area contributed by atoms with E-state index in [-0.39, 0.29) is 5.56 Å². The number of aromatic nitrogens is 2. The van der Waals surface area contributed by atoms with Gasteiger partial charge in [-0.15, -0.1) is 11.3 Å². The highest BCUT2D eigenvalue weighted by Gasteiger charge is 2.14. The largest absolute Gasteiger partial charge is 0.464 e. The van der Waals surface area contributed by atoms with Gasteiger partial charge in [0.05, 0.1) is 17.9 Å². The van der Waals surface area contributed by atoms with Crippen LogP contribution in [0.1, 0.15) is 5.56 Å². The first kappa shape index (κ1) is 14.9. The summed E-state index contributed by atoms with van der Waals surface area (Å²) < 4.78 is 6.62. The molecule has 4 rings (SSSR count). The first-order valence-corrected chi connectivity index (χ1v) is 8.31. The molecule has 0 aliphatic heterocycles. The van der Waals surface area contributed by atoms with E-state index in [4.69, 9.17) is 16.0 Å². The van der Waals surface area contributed by atoms with Gasteiger partial charge in [0.25, 0.3) is 5.56 Å². The number of hydrogen-bond acceptors (Lipinski definition) is 5. The van der Waals surface area contributed by atoms with Gasteiger partial charge in [-0.3, -0.25) is 4.79 Å². The Balaban J connectivity index is 1.79. The Bertz CT molecular complexity index is 1080. The van der Waals surface area contributed by atoms with E-state index in [0.29, 0.717) is 21.0 Å². The lowest BCUT2D eigenvalue weighted by Crippen LogP contribution is -2.16. The van der Waals surface area contributed by atoms with Gasteiger partial charge in [-0.05, 0) is 29.8 Å². The molecule has 0 spiro atoms. The van der Waals surface area contributed by atoms with Gasteiger partial charge < -0.3 is 4.42 Å². The van der Waals surface area contributed by atoms with Crippen LogP contribution in [0, 0.1) is 0 Å². The van der Waals surface area contributed by atoms with Crippen molar-refractivity contribution in [3.05, 3.63) is 75.3 Å². The molecular formula is C17H10ClN3O2S. The first-order valence-electron chi connectivity index (χ1n) is 7.05. The normalized spacial score (nSPS) is 11.5. The lowest BCUT2D eigenvalue weighted by atomic mass is 10.2. The Kier molecular flexibility index (Phi) is 3.76. The Labute approximate surface area is 145 Å². The van der Waals surface area contributed by atoms with Crippen LogP contribution in [0.3, 0.4) is 0 Å². The van der Waals surface area contributed by atoms with Crippen LogP contribution < -0.4 is 5.56 Å². The molecular weight excluding hydrogens is 346 g/mol. The molecule has 0 unspecified atom stereocenters. The van der Waals surface area contributed by atoms with Gasteiger partial charge in [-0.25, -0.2) is 4.98 Å². The third-order valence-electron chi connectivity index (χ3n) is 3.47. The summed E-state index contributed by atoms with van der Waals surface area (Å²) in [5.41, 5.74) is 1.33. The van der Waals surface area contributed by atoms with Crippen LogP contribution in [0.2, 0.25) is 5.02 Å². The van der Waals surface area contributed by atoms with Crippen molar-refractivity contribution in [1.29, 1.82) is 0 Å². The van der Waals surface area contributed by atoms with Gasteiger partial charge in [-0.1, -0.05) is 23.7 Å². The number of fused-ring (bicyclic) bond motifs is 1. The summed E-state index contributed by atoms with van der Waals surface area (Å²) in [4.78, 5) is 17.7. The second kappa shape index (κ2) is 6.07. The van der Waals surface area contributed by atoms with Crippen molar-refractivity contribution >= 4 is 39.4 Å². The van der Waals surface area contributed by atoms with Gasteiger partial charge >= 0.3 is 0 Å². The maximum absolute atomic E-state index is 12.7. The summed E-state index contributed by atoms with van der Waals surface area (Å²) in [7, 11) is 0. The highest BCUT2D eigenvalue weighted by molar-refractivity contribution is 7.17. The predicted molar refractivity (Wildman–Crippen MR) is 96.0 cm³/mol. The zero-order chi connectivity index (χ0) is 16.5. The molecule has 0 saturated heterocycles. The van der Waals surface area contributed by atoms with Gasteiger partial charge in [0.1, 0.15) is 16.9 Å². The van der Waals surface area contributed by atoms with Crippen LogP contribution in [-0.2, 0) is 0 Å². The number of halogens is 1. The van der Waals surface area contributed by atoms with Crippen LogP contribution in [0.4, 0.5) is 0 Å². The van der Waals surface area contributed by atoms with Crippen LogP contribution in [0.5, 0.6) is 0 Å². The molecule has 4 aromatic rings. The quantitative estimate of drug-likeness (QED) is 0.516. The smallest absolute Gasteiger partial charge is 0.283 e. The van der Waals surface area contributed by atoms with Crippen molar-refractivity contribution in [3.63, 3.8) is 0 Å². The molecule has 0 fully saturated rings. The Morgan fingerprint density at radius 2 is 2.08 bits per heavy atom. The van der Waals surface area contributed by atoms with Crippen molar-refractivity contribution in [1.82, 2.24) is 9.66 Å². The number of nitrogens with zero attached hydrogens (tertiary/aromatic N) is 3.